The molecule has 0 aromatic heterocycles. The zero-order valence-electron chi connectivity index (χ0n) is 16.6. The van der Waals surface area contributed by atoms with Crippen molar-refractivity contribution < 1.29 is 13.2 Å². The minimum absolute atomic E-state index is 0.0114. The van der Waals surface area contributed by atoms with E-state index in [0.29, 0.717) is 30.4 Å². The third-order valence-electron chi connectivity index (χ3n) is 5.75. The summed E-state index contributed by atoms with van der Waals surface area (Å²) in [5, 5.41) is 0. The molecule has 7 heteroatoms. The lowest BCUT2D eigenvalue weighted by atomic mass is 9.91. The van der Waals surface area contributed by atoms with Crippen LogP contribution in [0.5, 0.6) is 0 Å². The number of fused-ring (bicyclic) bond motifs is 1. The van der Waals surface area contributed by atoms with E-state index in [2.05, 4.69) is 24.3 Å². The van der Waals surface area contributed by atoms with Gasteiger partial charge in [0.1, 0.15) is 0 Å². The first-order valence-electron chi connectivity index (χ1n) is 10.0. The fourth-order valence-corrected chi connectivity index (χ4v) is 6.74. The molecule has 154 valence electrons. The molecule has 0 bridgehead atoms. The number of piperidine rings is 1. The SMILES string of the molecule is CC(=O)N1CCSc2cc(S(=O)(=O)N3CCC(Cc4ccccc4)CC3)ccc21. The predicted molar refractivity (Wildman–Crippen MR) is 117 cm³/mol. The maximum Gasteiger partial charge on any atom is 0.243 e. The van der Waals surface area contributed by atoms with Crippen molar-refractivity contribution in [3.05, 3.63) is 54.1 Å². The van der Waals surface area contributed by atoms with Crippen molar-refractivity contribution >= 4 is 33.4 Å². The van der Waals surface area contributed by atoms with E-state index in [1.165, 1.54) is 5.56 Å². The van der Waals surface area contributed by atoms with Gasteiger partial charge in [0.25, 0.3) is 0 Å². The Hall–Kier alpha value is -1.83. The van der Waals surface area contributed by atoms with Gasteiger partial charge in [-0.3, -0.25) is 4.79 Å². The van der Waals surface area contributed by atoms with Crippen LogP contribution in [-0.2, 0) is 21.2 Å². The Kier molecular flexibility index (Phi) is 5.99. The van der Waals surface area contributed by atoms with Crippen LogP contribution in [0.4, 0.5) is 5.69 Å². The fourth-order valence-electron chi connectivity index (χ4n) is 4.14. The van der Waals surface area contributed by atoms with Crippen LogP contribution >= 0.6 is 11.8 Å². The van der Waals surface area contributed by atoms with Gasteiger partial charge in [-0.05, 0) is 48.9 Å². The standard InChI is InChI=1S/C22H26N2O3S2/c1-17(25)24-13-14-28-22-16-20(7-8-21(22)24)29(26,27)23-11-9-19(10-12-23)15-18-5-3-2-4-6-18/h2-8,16,19H,9-15H2,1H3. The lowest BCUT2D eigenvalue weighted by Crippen LogP contribution is -2.39. The van der Waals surface area contributed by atoms with Crippen LogP contribution < -0.4 is 4.90 Å². The summed E-state index contributed by atoms with van der Waals surface area (Å²) in [5.41, 5.74) is 2.13. The molecule has 0 spiro atoms. The van der Waals surface area contributed by atoms with Crippen LogP contribution in [0.1, 0.15) is 25.3 Å². The molecule has 0 saturated carbocycles. The average Bonchev–Trinajstić information content (AvgIpc) is 2.74. The van der Waals surface area contributed by atoms with Crippen molar-refractivity contribution in [1.82, 2.24) is 4.31 Å². The largest absolute Gasteiger partial charge is 0.311 e. The lowest BCUT2D eigenvalue weighted by molar-refractivity contribution is -0.116. The number of benzene rings is 2. The Labute approximate surface area is 177 Å². The molecule has 0 aliphatic carbocycles. The van der Waals surface area contributed by atoms with E-state index in [9.17, 15) is 13.2 Å². The maximum absolute atomic E-state index is 13.2. The zero-order chi connectivity index (χ0) is 20.4. The second kappa shape index (κ2) is 8.50. The molecule has 2 aliphatic heterocycles. The van der Waals surface area contributed by atoms with Gasteiger partial charge in [0, 0.05) is 37.2 Å². The Balaban J connectivity index is 1.46. The summed E-state index contributed by atoms with van der Waals surface area (Å²) in [6, 6.07) is 15.6. The van der Waals surface area contributed by atoms with Crippen molar-refractivity contribution in [2.24, 2.45) is 5.92 Å². The molecule has 29 heavy (non-hydrogen) atoms. The fraction of sp³-hybridized carbons (Fsp3) is 0.409. The molecule has 5 nitrogen and oxygen atoms in total. The van der Waals surface area contributed by atoms with E-state index in [1.807, 2.05) is 6.07 Å². The number of nitrogens with zero attached hydrogens (tertiary/aromatic N) is 2. The minimum Gasteiger partial charge on any atom is -0.311 e. The molecule has 1 amide bonds. The summed E-state index contributed by atoms with van der Waals surface area (Å²) in [6.07, 6.45) is 2.77. The molecule has 0 radical (unpaired) electrons. The third kappa shape index (κ3) is 4.37. The number of hydrogen-bond acceptors (Lipinski definition) is 4. The third-order valence-corrected chi connectivity index (χ3v) is 8.67. The summed E-state index contributed by atoms with van der Waals surface area (Å²) in [7, 11) is -3.51. The van der Waals surface area contributed by atoms with Crippen molar-refractivity contribution in [3.63, 3.8) is 0 Å². The van der Waals surface area contributed by atoms with Crippen LogP contribution in [0.15, 0.2) is 58.3 Å². The first kappa shape index (κ1) is 20.4. The number of thioether (sulfide) groups is 1. The molecule has 2 aliphatic rings. The Morgan fingerprint density at radius 1 is 1.07 bits per heavy atom. The van der Waals surface area contributed by atoms with E-state index < -0.39 is 10.0 Å². The number of amides is 1. The quantitative estimate of drug-likeness (QED) is 0.741. The van der Waals surface area contributed by atoms with Crippen molar-refractivity contribution in [1.29, 1.82) is 0 Å². The Morgan fingerprint density at radius 3 is 2.48 bits per heavy atom. The number of hydrogen-bond donors (Lipinski definition) is 0. The molecular weight excluding hydrogens is 404 g/mol. The first-order chi connectivity index (χ1) is 13.9. The Bertz CT molecular complexity index is 984. The van der Waals surface area contributed by atoms with Crippen LogP contribution in [0, 0.1) is 5.92 Å². The number of anilines is 1. The van der Waals surface area contributed by atoms with Gasteiger partial charge in [-0.2, -0.15) is 4.31 Å². The topological polar surface area (TPSA) is 57.7 Å². The second-order valence-electron chi connectivity index (χ2n) is 7.69. The van der Waals surface area contributed by atoms with Gasteiger partial charge in [-0.25, -0.2) is 8.42 Å². The maximum atomic E-state index is 13.2. The molecule has 1 fully saturated rings. The smallest absolute Gasteiger partial charge is 0.243 e. The van der Waals surface area contributed by atoms with E-state index in [0.717, 1.165) is 35.6 Å². The van der Waals surface area contributed by atoms with Gasteiger partial charge in [0.05, 0.1) is 10.6 Å². The second-order valence-corrected chi connectivity index (χ2v) is 10.8. The van der Waals surface area contributed by atoms with E-state index >= 15 is 0 Å². The molecule has 2 heterocycles. The monoisotopic (exact) mass is 430 g/mol. The normalized spacial score (nSPS) is 18.4. The summed E-state index contributed by atoms with van der Waals surface area (Å²) < 4.78 is 28.0. The highest BCUT2D eigenvalue weighted by Crippen LogP contribution is 2.37. The molecule has 1 saturated heterocycles. The van der Waals surface area contributed by atoms with Gasteiger partial charge in [0.15, 0.2) is 0 Å². The molecule has 0 unspecified atom stereocenters. The number of carbonyl (C=O) groups is 1. The summed E-state index contributed by atoms with van der Waals surface area (Å²) >= 11 is 1.61. The Morgan fingerprint density at radius 2 is 1.79 bits per heavy atom. The first-order valence-corrected chi connectivity index (χ1v) is 12.5. The van der Waals surface area contributed by atoms with Crippen LogP contribution in [0.25, 0.3) is 0 Å². The van der Waals surface area contributed by atoms with Crippen LogP contribution in [-0.4, -0.2) is 44.0 Å². The highest BCUT2D eigenvalue weighted by molar-refractivity contribution is 7.99. The lowest BCUT2D eigenvalue weighted by Gasteiger charge is -2.32. The molecular formula is C22H26N2O3S2. The summed E-state index contributed by atoms with van der Waals surface area (Å²) in [6.45, 7) is 3.32. The number of rotatable bonds is 4. The summed E-state index contributed by atoms with van der Waals surface area (Å²) in [4.78, 5) is 14.8. The highest BCUT2D eigenvalue weighted by Gasteiger charge is 2.31. The minimum atomic E-state index is -3.51. The van der Waals surface area contributed by atoms with Crippen LogP contribution in [0.3, 0.4) is 0 Å². The molecule has 0 N–H and O–H groups in total. The van der Waals surface area contributed by atoms with Crippen molar-refractivity contribution in [3.8, 4) is 0 Å². The predicted octanol–water partition coefficient (Wildman–Crippen LogP) is 3.79. The van der Waals surface area contributed by atoms with Crippen molar-refractivity contribution in [2.75, 3.05) is 30.3 Å². The van der Waals surface area contributed by atoms with E-state index in [1.54, 1.807) is 46.1 Å². The van der Waals surface area contributed by atoms with E-state index in [4.69, 9.17) is 0 Å². The van der Waals surface area contributed by atoms with Gasteiger partial charge >= 0.3 is 0 Å². The molecule has 2 aromatic carbocycles. The van der Waals surface area contributed by atoms with Gasteiger partial charge < -0.3 is 4.90 Å². The molecule has 4 rings (SSSR count). The summed E-state index contributed by atoms with van der Waals surface area (Å²) in [5.74, 6) is 1.29. The number of carbonyl (C=O) groups excluding carboxylic acids is 1. The van der Waals surface area contributed by atoms with Gasteiger partial charge in [-0.1, -0.05) is 30.3 Å². The highest BCUT2D eigenvalue weighted by atomic mass is 32.2. The molecule has 0 atom stereocenters. The van der Waals surface area contributed by atoms with Gasteiger partial charge in [0.2, 0.25) is 15.9 Å². The van der Waals surface area contributed by atoms with Gasteiger partial charge in [-0.15, -0.1) is 11.8 Å². The van der Waals surface area contributed by atoms with Crippen LogP contribution in [0.2, 0.25) is 0 Å². The van der Waals surface area contributed by atoms with E-state index in [-0.39, 0.29) is 5.91 Å². The molecule has 2 aromatic rings. The average molecular weight is 431 g/mol. The van der Waals surface area contributed by atoms with Crippen molar-refractivity contribution in [2.45, 2.75) is 36.0 Å². The number of sulfonamides is 1. The zero-order valence-corrected chi connectivity index (χ0v) is 18.2.